The summed E-state index contributed by atoms with van der Waals surface area (Å²) in [4.78, 5) is 13.8. The van der Waals surface area contributed by atoms with E-state index in [0.717, 1.165) is 11.3 Å². The maximum Gasteiger partial charge on any atom is 0.315 e. The molecule has 0 bridgehead atoms. The van der Waals surface area contributed by atoms with Crippen LogP contribution in [0.3, 0.4) is 0 Å². The highest BCUT2D eigenvalue weighted by molar-refractivity contribution is 7.11. The minimum absolute atomic E-state index is 0.102. The summed E-state index contributed by atoms with van der Waals surface area (Å²) in [5.41, 5.74) is 0. The molecule has 0 atom stereocenters. The number of hydrogen-bond acceptors (Lipinski definition) is 3. The number of aliphatic hydroxyl groups is 1. The van der Waals surface area contributed by atoms with Gasteiger partial charge in [0.15, 0.2) is 0 Å². The number of nitrogens with one attached hydrogen (secondary N) is 2. The Morgan fingerprint density at radius 3 is 2.75 bits per heavy atom. The lowest BCUT2D eigenvalue weighted by Gasteiger charge is -2.05. The molecule has 4 nitrogen and oxygen atoms in total. The molecule has 90 valence electrons. The lowest BCUT2D eigenvalue weighted by molar-refractivity contribution is 0.238. The normalized spacial score (nSPS) is 10.1. The van der Waals surface area contributed by atoms with Crippen LogP contribution in [0.1, 0.15) is 23.1 Å². The summed E-state index contributed by atoms with van der Waals surface area (Å²) < 4.78 is 0. The van der Waals surface area contributed by atoms with Gasteiger partial charge >= 0.3 is 6.03 Å². The second kappa shape index (κ2) is 7.24. The van der Waals surface area contributed by atoms with Gasteiger partial charge in [0.05, 0.1) is 6.54 Å². The number of thiophene rings is 1. The minimum Gasteiger partial charge on any atom is -0.396 e. The van der Waals surface area contributed by atoms with Gasteiger partial charge < -0.3 is 15.7 Å². The van der Waals surface area contributed by atoms with Gasteiger partial charge in [0, 0.05) is 22.9 Å². The van der Waals surface area contributed by atoms with Crippen molar-refractivity contribution >= 4 is 17.4 Å². The SMILES string of the molecule is CCc1ccc(CNC(=O)NCCCO)s1. The number of urea groups is 1. The smallest absolute Gasteiger partial charge is 0.315 e. The van der Waals surface area contributed by atoms with E-state index in [9.17, 15) is 4.79 Å². The average Bonchev–Trinajstić information content (AvgIpc) is 2.74. The van der Waals surface area contributed by atoms with E-state index in [2.05, 4.69) is 23.6 Å². The van der Waals surface area contributed by atoms with Gasteiger partial charge in [-0.05, 0) is 25.0 Å². The van der Waals surface area contributed by atoms with Crippen molar-refractivity contribution in [1.29, 1.82) is 0 Å². The number of aliphatic hydroxyl groups excluding tert-OH is 1. The molecule has 2 amide bonds. The van der Waals surface area contributed by atoms with Crippen molar-refractivity contribution in [2.45, 2.75) is 26.3 Å². The lowest BCUT2D eigenvalue weighted by atomic mass is 10.4. The van der Waals surface area contributed by atoms with E-state index in [1.54, 1.807) is 11.3 Å². The molecule has 1 heterocycles. The number of carbonyl (C=O) groups is 1. The molecule has 0 radical (unpaired) electrons. The van der Waals surface area contributed by atoms with E-state index < -0.39 is 0 Å². The molecule has 1 aromatic rings. The van der Waals surface area contributed by atoms with E-state index >= 15 is 0 Å². The van der Waals surface area contributed by atoms with E-state index in [1.807, 2.05) is 6.07 Å². The molecule has 0 aliphatic rings. The zero-order chi connectivity index (χ0) is 11.8. The highest BCUT2D eigenvalue weighted by Crippen LogP contribution is 2.16. The fraction of sp³-hybridized carbons (Fsp3) is 0.545. The van der Waals surface area contributed by atoms with E-state index in [0.29, 0.717) is 19.5 Å². The van der Waals surface area contributed by atoms with Gasteiger partial charge in [-0.1, -0.05) is 6.92 Å². The predicted molar refractivity (Wildman–Crippen MR) is 65.6 cm³/mol. The summed E-state index contributed by atoms with van der Waals surface area (Å²) >= 11 is 1.72. The summed E-state index contributed by atoms with van der Waals surface area (Å²) in [7, 11) is 0. The van der Waals surface area contributed by atoms with Crippen LogP contribution in [-0.4, -0.2) is 24.3 Å². The molecule has 0 aliphatic carbocycles. The molecule has 0 saturated heterocycles. The Morgan fingerprint density at radius 1 is 1.38 bits per heavy atom. The van der Waals surface area contributed by atoms with Crippen LogP contribution in [0.2, 0.25) is 0 Å². The third-order valence-electron chi connectivity index (χ3n) is 2.11. The van der Waals surface area contributed by atoms with Crippen molar-refractivity contribution in [1.82, 2.24) is 10.6 Å². The molecule has 0 saturated carbocycles. The van der Waals surface area contributed by atoms with E-state index in [4.69, 9.17) is 5.11 Å². The molecule has 0 fully saturated rings. The Labute approximate surface area is 99.7 Å². The molecule has 0 spiro atoms. The molecule has 1 aromatic heterocycles. The fourth-order valence-corrected chi connectivity index (χ4v) is 2.12. The van der Waals surface area contributed by atoms with Crippen molar-refractivity contribution in [2.75, 3.05) is 13.2 Å². The highest BCUT2D eigenvalue weighted by Gasteiger charge is 2.01. The molecule has 3 N–H and O–H groups in total. The maximum atomic E-state index is 11.3. The molecular formula is C11H18N2O2S. The number of hydrogen-bond donors (Lipinski definition) is 3. The Hall–Kier alpha value is -1.07. The molecule has 0 aliphatic heterocycles. The molecule has 5 heteroatoms. The van der Waals surface area contributed by atoms with Crippen LogP contribution < -0.4 is 10.6 Å². The first-order valence-electron chi connectivity index (χ1n) is 5.46. The van der Waals surface area contributed by atoms with Gasteiger partial charge in [-0.15, -0.1) is 11.3 Å². The second-order valence-electron chi connectivity index (χ2n) is 3.41. The summed E-state index contributed by atoms with van der Waals surface area (Å²) in [5, 5.41) is 14.0. The van der Waals surface area contributed by atoms with Gasteiger partial charge in [-0.25, -0.2) is 4.79 Å². The van der Waals surface area contributed by atoms with Crippen LogP contribution in [0, 0.1) is 0 Å². The number of aryl methyl sites for hydroxylation is 1. The first-order chi connectivity index (χ1) is 7.76. The quantitative estimate of drug-likeness (QED) is 0.662. The fourth-order valence-electron chi connectivity index (χ4n) is 1.22. The van der Waals surface area contributed by atoms with Gasteiger partial charge in [-0.3, -0.25) is 0 Å². The van der Waals surface area contributed by atoms with Crippen LogP contribution >= 0.6 is 11.3 Å². The molecule has 0 unspecified atom stereocenters. The molecular weight excluding hydrogens is 224 g/mol. The van der Waals surface area contributed by atoms with E-state index in [-0.39, 0.29) is 12.6 Å². The predicted octanol–water partition coefficient (Wildman–Crippen LogP) is 1.49. The molecule has 0 aromatic carbocycles. The number of amides is 2. The van der Waals surface area contributed by atoms with Gasteiger partial charge in [0.2, 0.25) is 0 Å². The summed E-state index contributed by atoms with van der Waals surface area (Å²) in [6.45, 7) is 3.29. The van der Waals surface area contributed by atoms with Crippen molar-refractivity contribution in [3.63, 3.8) is 0 Å². The summed E-state index contributed by atoms with van der Waals surface area (Å²) in [6, 6.07) is 3.95. The first kappa shape index (κ1) is 13.0. The Kier molecular flexibility index (Phi) is 5.88. The Bertz CT molecular complexity index is 326. The van der Waals surface area contributed by atoms with Crippen molar-refractivity contribution in [3.05, 3.63) is 21.9 Å². The highest BCUT2D eigenvalue weighted by atomic mass is 32.1. The maximum absolute atomic E-state index is 11.3. The Morgan fingerprint density at radius 2 is 2.12 bits per heavy atom. The summed E-state index contributed by atoms with van der Waals surface area (Å²) in [6.07, 6.45) is 1.62. The molecule has 16 heavy (non-hydrogen) atoms. The lowest BCUT2D eigenvalue weighted by Crippen LogP contribution is -2.35. The largest absolute Gasteiger partial charge is 0.396 e. The minimum atomic E-state index is -0.181. The zero-order valence-electron chi connectivity index (χ0n) is 9.45. The third-order valence-corrected chi connectivity index (χ3v) is 3.34. The van der Waals surface area contributed by atoms with E-state index in [1.165, 1.54) is 4.88 Å². The first-order valence-corrected chi connectivity index (χ1v) is 6.28. The number of carbonyl (C=O) groups excluding carboxylic acids is 1. The van der Waals surface area contributed by atoms with Crippen molar-refractivity contribution < 1.29 is 9.90 Å². The van der Waals surface area contributed by atoms with Gasteiger partial charge in [0.25, 0.3) is 0 Å². The summed E-state index contributed by atoms with van der Waals surface area (Å²) in [5.74, 6) is 0. The average molecular weight is 242 g/mol. The zero-order valence-corrected chi connectivity index (χ0v) is 10.3. The van der Waals surface area contributed by atoms with Crippen LogP contribution in [0.4, 0.5) is 4.79 Å². The van der Waals surface area contributed by atoms with Crippen LogP contribution in [0.5, 0.6) is 0 Å². The topological polar surface area (TPSA) is 61.4 Å². The monoisotopic (exact) mass is 242 g/mol. The third kappa shape index (κ3) is 4.63. The standard InChI is InChI=1S/C11H18N2O2S/c1-2-9-4-5-10(16-9)8-13-11(15)12-6-3-7-14/h4-5,14H,2-3,6-8H2,1H3,(H2,12,13,15). The second-order valence-corrected chi connectivity index (χ2v) is 4.66. The number of rotatable bonds is 6. The van der Waals surface area contributed by atoms with Gasteiger partial charge in [0.1, 0.15) is 0 Å². The van der Waals surface area contributed by atoms with Gasteiger partial charge in [-0.2, -0.15) is 0 Å². The van der Waals surface area contributed by atoms with Crippen LogP contribution in [0.15, 0.2) is 12.1 Å². The van der Waals surface area contributed by atoms with Crippen LogP contribution in [-0.2, 0) is 13.0 Å². The van der Waals surface area contributed by atoms with Crippen molar-refractivity contribution in [2.24, 2.45) is 0 Å². The molecule has 1 rings (SSSR count). The van der Waals surface area contributed by atoms with Crippen molar-refractivity contribution in [3.8, 4) is 0 Å². The Balaban J connectivity index is 2.20. The van der Waals surface area contributed by atoms with Crippen LogP contribution in [0.25, 0.3) is 0 Å².